The van der Waals surface area contributed by atoms with Gasteiger partial charge in [-0.1, -0.05) is 17.7 Å². The molecule has 1 heterocycles. The van der Waals surface area contributed by atoms with Crippen LogP contribution in [0.1, 0.15) is 28.4 Å². The number of aromatic nitrogens is 1. The van der Waals surface area contributed by atoms with Crippen molar-refractivity contribution in [2.75, 3.05) is 43.4 Å². The van der Waals surface area contributed by atoms with Crippen molar-refractivity contribution in [3.8, 4) is 0 Å². The molecule has 2 rings (SSSR count). The fourth-order valence-electron chi connectivity index (χ4n) is 2.97. The summed E-state index contributed by atoms with van der Waals surface area (Å²) in [6.07, 6.45) is 1.35. The van der Waals surface area contributed by atoms with E-state index in [-0.39, 0.29) is 16.1 Å². The molecule has 0 unspecified atom stereocenters. The topological polar surface area (TPSA) is 103 Å². The Kier molecular flexibility index (Phi) is 7.21. The summed E-state index contributed by atoms with van der Waals surface area (Å²) < 4.78 is 28.0. The summed E-state index contributed by atoms with van der Waals surface area (Å²) >= 11 is 0. The molecule has 2 aromatic rings. The third-order valence-corrected chi connectivity index (χ3v) is 6.01. The maximum atomic E-state index is 12.8. The number of aromatic carboxylic acids is 1. The Balaban J connectivity index is 2.37. The molecular formula is C20H28N4O4S. The first kappa shape index (κ1) is 22.6. The average Bonchev–Trinajstić information content (AvgIpc) is 2.62. The van der Waals surface area contributed by atoms with Crippen molar-refractivity contribution in [3.05, 3.63) is 47.2 Å². The van der Waals surface area contributed by atoms with Crippen LogP contribution in [0.2, 0.25) is 0 Å². The number of carboxylic acid groups (broad SMARTS) is 1. The number of hydrogen-bond acceptors (Lipinski definition) is 6. The van der Waals surface area contributed by atoms with Gasteiger partial charge in [-0.3, -0.25) is 4.72 Å². The molecule has 0 amide bonds. The Morgan fingerprint density at radius 1 is 1.17 bits per heavy atom. The van der Waals surface area contributed by atoms with Crippen LogP contribution in [0, 0.1) is 13.8 Å². The van der Waals surface area contributed by atoms with Gasteiger partial charge in [0.25, 0.3) is 10.0 Å². The monoisotopic (exact) mass is 420 g/mol. The number of rotatable bonds is 9. The Bertz CT molecular complexity index is 990. The minimum atomic E-state index is -3.87. The van der Waals surface area contributed by atoms with Crippen molar-refractivity contribution >= 4 is 27.5 Å². The first-order valence-electron chi connectivity index (χ1n) is 9.28. The van der Waals surface area contributed by atoms with E-state index >= 15 is 0 Å². The molecule has 158 valence electrons. The molecule has 0 aliphatic heterocycles. The van der Waals surface area contributed by atoms with Crippen molar-refractivity contribution in [1.29, 1.82) is 0 Å². The number of nitrogens with one attached hydrogen (secondary N) is 1. The number of sulfonamides is 1. The Morgan fingerprint density at radius 3 is 2.41 bits per heavy atom. The smallest absolute Gasteiger partial charge is 0.339 e. The third kappa shape index (κ3) is 5.68. The van der Waals surface area contributed by atoms with Crippen molar-refractivity contribution in [2.24, 2.45) is 0 Å². The van der Waals surface area contributed by atoms with E-state index in [0.717, 1.165) is 12.1 Å². The maximum absolute atomic E-state index is 12.8. The molecule has 0 saturated heterocycles. The highest BCUT2D eigenvalue weighted by Gasteiger charge is 2.21. The number of carbonyl (C=O) groups is 1. The number of benzene rings is 1. The molecule has 0 saturated carbocycles. The van der Waals surface area contributed by atoms with E-state index in [2.05, 4.69) is 9.71 Å². The van der Waals surface area contributed by atoms with Gasteiger partial charge in [0.1, 0.15) is 11.4 Å². The zero-order valence-corrected chi connectivity index (χ0v) is 18.2. The van der Waals surface area contributed by atoms with E-state index in [0.29, 0.717) is 24.5 Å². The molecule has 0 aliphatic carbocycles. The van der Waals surface area contributed by atoms with Gasteiger partial charge < -0.3 is 14.9 Å². The molecule has 0 spiro atoms. The lowest BCUT2D eigenvalue weighted by Gasteiger charge is -2.25. The number of aryl methyl sites for hydroxylation is 2. The van der Waals surface area contributed by atoms with Crippen LogP contribution in [-0.4, -0.2) is 63.1 Å². The predicted molar refractivity (Wildman–Crippen MR) is 114 cm³/mol. The maximum Gasteiger partial charge on any atom is 0.339 e. The molecule has 8 nitrogen and oxygen atoms in total. The van der Waals surface area contributed by atoms with Crippen LogP contribution in [0.4, 0.5) is 11.5 Å². The lowest BCUT2D eigenvalue weighted by atomic mass is 10.2. The normalized spacial score (nSPS) is 11.5. The fourth-order valence-corrected chi connectivity index (χ4v) is 4.23. The largest absolute Gasteiger partial charge is 0.478 e. The van der Waals surface area contributed by atoms with Crippen LogP contribution in [0.5, 0.6) is 0 Å². The van der Waals surface area contributed by atoms with Gasteiger partial charge in [0.15, 0.2) is 0 Å². The Morgan fingerprint density at radius 2 is 1.86 bits per heavy atom. The molecule has 9 heteroatoms. The van der Waals surface area contributed by atoms with Gasteiger partial charge in [-0.25, -0.2) is 18.2 Å². The van der Waals surface area contributed by atoms with Gasteiger partial charge in [0.05, 0.1) is 16.8 Å². The van der Waals surface area contributed by atoms with Crippen LogP contribution in [0.15, 0.2) is 35.4 Å². The number of carboxylic acids is 1. The molecule has 0 atom stereocenters. The Hall–Kier alpha value is -2.65. The second kappa shape index (κ2) is 9.23. The lowest BCUT2D eigenvalue weighted by Crippen LogP contribution is -2.33. The number of hydrogen-bond donors (Lipinski definition) is 2. The standard InChI is InChI=1S/C20H28N4O4S/c1-6-24(10-9-23(4)5)19-17(20(25)26)12-16(13-21-19)22-29(27,28)18-8-7-14(2)11-15(18)3/h7-8,11-13,22H,6,9-10H2,1-5H3,(H,25,26). The molecule has 1 aromatic heterocycles. The number of pyridine rings is 1. The molecule has 0 radical (unpaired) electrons. The molecular weight excluding hydrogens is 392 g/mol. The van der Waals surface area contributed by atoms with Gasteiger partial charge in [-0.05, 0) is 52.6 Å². The van der Waals surface area contributed by atoms with Gasteiger partial charge in [-0.15, -0.1) is 0 Å². The lowest BCUT2D eigenvalue weighted by molar-refractivity contribution is 0.0697. The van der Waals surface area contributed by atoms with Crippen molar-refractivity contribution < 1.29 is 18.3 Å². The Labute approximate surface area is 172 Å². The summed E-state index contributed by atoms with van der Waals surface area (Å²) in [6, 6.07) is 6.34. The quantitative estimate of drug-likeness (QED) is 0.643. The highest BCUT2D eigenvalue weighted by atomic mass is 32.2. The van der Waals surface area contributed by atoms with Crippen LogP contribution >= 0.6 is 0 Å². The van der Waals surface area contributed by atoms with Gasteiger partial charge in [-0.2, -0.15) is 0 Å². The van der Waals surface area contributed by atoms with E-state index < -0.39 is 16.0 Å². The van der Waals surface area contributed by atoms with E-state index in [9.17, 15) is 18.3 Å². The molecule has 2 N–H and O–H groups in total. The van der Waals surface area contributed by atoms with Crippen LogP contribution in [0.25, 0.3) is 0 Å². The zero-order chi connectivity index (χ0) is 21.8. The van der Waals surface area contributed by atoms with Gasteiger partial charge in [0.2, 0.25) is 0 Å². The second-order valence-corrected chi connectivity index (χ2v) is 8.81. The van der Waals surface area contributed by atoms with E-state index in [1.165, 1.54) is 18.3 Å². The molecule has 0 aliphatic rings. The summed E-state index contributed by atoms with van der Waals surface area (Å²) in [6.45, 7) is 7.43. The van der Waals surface area contributed by atoms with E-state index in [1.54, 1.807) is 19.1 Å². The summed E-state index contributed by atoms with van der Waals surface area (Å²) in [4.78, 5) is 20.1. The third-order valence-electron chi connectivity index (χ3n) is 4.47. The molecule has 29 heavy (non-hydrogen) atoms. The van der Waals surface area contributed by atoms with E-state index in [4.69, 9.17) is 0 Å². The molecule has 1 aromatic carbocycles. The molecule has 0 fully saturated rings. The van der Waals surface area contributed by atoms with Gasteiger partial charge in [0, 0.05) is 19.6 Å². The summed E-state index contributed by atoms with van der Waals surface area (Å²) in [5.74, 6) is -0.848. The first-order chi connectivity index (χ1) is 13.5. The highest BCUT2D eigenvalue weighted by molar-refractivity contribution is 7.92. The summed E-state index contributed by atoms with van der Waals surface area (Å²) in [7, 11) is 0.00313. The minimum Gasteiger partial charge on any atom is -0.478 e. The number of anilines is 2. The van der Waals surface area contributed by atoms with Crippen molar-refractivity contribution in [3.63, 3.8) is 0 Å². The van der Waals surface area contributed by atoms with E-state index in [1.807, 2.05) is 37.7 Å². The SMILES string of the molecule is CCN(CCN(C)C)c1ncc(NS(=O)(=O)c2ccc(C)cc2C)cc1C(=O)O. The average molecular weight is 421 g/mol. The summed E-state index contributed by atoms with van der Waals surface area (Å²) in [5.41, 5.74) is 1.63. The van der Waals surface area contributed by atoms with Crippen LogP contribution in [0.3, 0.4) is 0 Å². The van der Waals surface area contributed by atoms with Crippen molar-refractivity contribution in [2.45, 2.75) is 25.7 Å². The summed E-state index contributed by atoms with van der Waals surface area (Å²) in [5, 5.41) is 9.65. The first-order valence-corrected chi connectivity index (χ1v) is 10.8. The van der Waals surface area contributed by atoms with Crippen LogP contribution < -0.4 is 9.62 Å². The highest BCUT2D eigenvalue weighted by Crippen LogP contribution is 2.24. The zero-order valence-electron chi connectivity index (χ0n) is 17.4. The predicted octanol–water partition coefficient (Wildman–Crippen LogP) is 2.59. The van der Waals surface area contributed by atoms with Crippen molar-refractivity contribution in [1.82, 2.24) is 9.88 Å². The van der Waals surface area contributed by atoms with Gasteiger partial charge >= 0.3 is 5.97 Å². The minimum absolute atomic E-state index is 0.0496. The number of likely N-dealkylation sites (N-methyl/N-ethyl adjacent to an activating group) is 2. The fraction of sp³-hybridized carbons (Fsp3) is 0.400. The van der Waals surface area contributed by atoms with Crippen LogP contribution in [-0.2, 0) is 10.0 Å². The molecule has 0 bridgehead atoms. The number of nitrogens with zero attached hydrogens (tertiary/aromatic N) is 3. The second-order valence-electron chi connectivity index (χ2n) is 7.16.